The molecule has 0 aliphatic carbocycles. The van der Waals surface area contributed by atoms with Crippen molar-refractivity contribution in [1.82, 2.24) is 9.97 Å². The van der Waals surface area contributed by atoms with Crippen molar-refractivity contribution in [2.45, 2.75) is 6.18 Å². The molecule has 2 aromatic rings. The quantitative estimate of drug-likeness (QED) is 0.874. The predicted octanol–water partition coefficient (Wildman–Crippen LogP) is 2.86. The van der Waals surface area contributed by atoms with Gasteiger partial charge in [-0.15, -0.1) is 11.3 Å². The van der Waals surface area contributed by atoms with Crippen LogP contribution in [0.4, 0.5) is 13.2 Å². The van der Waals surface area contributed by atoms with Crippen molar-refractivity contribution in [2.24, 2.45) is 0 Å². The van der Waals surface area contributed by atoms with E-state index in [2.05, 4.69) is 9.97 Å². The number of carboxylic acids is 1. The van der Waals surface area contributed by atoms with E-state index in [0.717, 1.165) is 0 Å². The molecular weight excluding hydrogens is 257 g/mol. The first-order chi connectivity index (χ1) is 7.88. The summed E-state index contributed by atoms with van der Waals surface area (Å²) in [6.07, 6.45) is -3.17. The van der Waals surface area contributed by atoms with Gasteiger partial charge in [0.15, 0.2) is 5.01 Å². The summed E-state index contributed by atoms with van der Waals surface area (Å²) in [5, 5.41) is 8.93. The number of nitrogens with zero attached hydrogens (tertiary/aromatic N) is 1. The summed E-state index contributed by atoms with van der Waals surface area (Å²) >= 11 is 0.472. The van der Waals surface area contributed by atoms with Crippen LogP contribution in [-0.2, 0) is 6.18 Å². The number of aromatic carboxylic acids is 1. The van der Waals surface area contributed by atoms with E-state index in [-0.39, 0.29) is 11.4 Å². The number of nitrogens with one attached hydrogen (secondary N) is 1. The summed E-state index contributed by atoms with van der Waals surface area (Å²) in [4.78, 5) is 16.4. The Labute approximate surface area is 96.7 Å². The number of thiazole rings is 1. The lowest BCUT2D eigenvalue weighted by Crippen LogP contribution is -2.03. The third kappa shape index (κ3) is 2.31. The van der Waals surface area contributed by atoms with Gasteiger partial charge in [0.1, 0.15) is 5.69 Å². The molecule has 0 aromatic carbocycles. The van der Waals surface area contributed by atoms with E-state index < -0.39 is 17.2 Å². The normalized spacial score (nSPS) is 11.7. The molecule has 0 atom stereocenters. The molecule has 8 heteroatoms. The van der Waals surface area contributed by atoms with E-state index >= 15 is 0 Å². The largest absolute Gasteiger partial charge is 0.477 e. The molecule has 4 nitrogen and oxygen atoms in total. The van der Waals surface area contributed by atoms with E-state index in [1.807, 2.05) is 0 Å². The summed E-state index contributed by atoms with van der Waals surface area (Å²) < 4.78 is 36.9. The predicted molar refractivity (Wildman–Crippen MR) is 53.9 cm³/mol. The molecule has 0 unspecified atom stereocenters. The van der Waals surface area contributed by atoms with Crippen LogP contribution < -0.4 is 0 Å². The molecule has 2 heterocycles. The molecule has 2 aromatic heterocycles. The van der Waals surface area contributed by atoms with E-state index in [4.69, 9.17) is 5.11 Å². The molecular formula is C9H5F3N2O2S. The molecule has 17 heavy (non-hydrogen) atoms. The summed E-state index contributed by atoms with van der Waals surface area (Å²) in [7, 11) is 0. The van der Waals surface area contributed by atoms with Crippen molar-refractivity contribution < 1.29 is 23.1 Å². The first-order valence-electron chi connectivity index (χ1n) is 4.33. The van der Waals surface area contributed by atoms with Gasteiger partial charge in [-0.1, -0.05) is 0 Å². The van der Waals surface area contributed by atoms with Crippen molar-refractivity contribution >= 4 is 17.3 Å². The Morgan fingerprint density at radius 3 is 2.65 bits per heavy atom. The molecule has 0 saturated carbocycles. The molecule has 2 rings (SSSR count). The maximum absolute atomic E-state index is 12.3. The zero-order valence-corrected chi connectivity index (χ0v) is 8.89. The minimum atomic E-state index is -4.48. The van der Waals surface area contributed by atoms with Crippen LogP contribution in [0.25, 0.3) is 11.3 Å². The van der Waals surface area contributed by atoms with Gasteiger partial charge < -0.3 is 10.1 Å². The highest BCUT2D eigenvalue weighted by Crippen LogP contribution is 2.34. The van der Waals surface area contributed by atoms with Crippen molar-refractivity contribution in [3.8, 4) is 11.3 Å². The molecule has 0 fully saturated rings. The summed E-state index contributed by atoms with van der Waals surface area (Å²) in [5.74, 6) is -1.18. The van der Waals surface area contributed by atoms with Crippen LogP contribution in [0.5, 0.6) is 0 Å². The second-order valence-corrected chi connectivity index (χ2v) is 4.00. The van der Waals surface area contributed by atoms with Crippen LogP contribution >= 0.6 is 11.3 Å². The molecule has 0 amide bonds. The Hall–Kier alpha value is -1.83. The Bertz CT molecular complexity index is 559. The number of aromatic nitrogens is 2. The number of carbonyl (C=O) groups is 1. The number of H-pyrrole nitrogens is 1. The fraction of sp³-hybridized carbons (Fsp3) is 0.111. The fourth-order valence-corrected chi connectivity index (χ4v) is 1.90. The van der Waals surface area contributed by atoms with Gasteiger partial charge >= 0.3 is 12.1 Å². The molecule has 0 radical (unpaired) electrons. The SMILES string of the molecule is O=C(O)c1cc(-c2csc(C(F)(F)F)n2)c[nH]1. The van der Waals surface area contributed by atoms with E-state index in [9.17, 15) is 18.0 Å². The number of hydrogen-bond acceptors (Lipinski definition) is 3. The molecule has 90 valence electrons. The van der Waals surface area contributed by atoms with Gasteiger partial charge in [0.25, 0.3) is 0 Å². The van der Waals surface area contributed by atoms with E-state index in [1.165, 1.54) is 17.6 Å². The number of hydrogen-bond donors (Lipinski definition) is 2. The maximum Gasteiger partial charge on any atom is 0.443 e. The van der Waals surface area contributed by atoms with Crippen LogP contribution in [-0.4, -0.2) is 21.0 Å². The summed E-state index contributed by atoms with van der Waals surface area (Å²) in [6.45, 7) is 0. The molecule has 0 saturated heterocycles. The van der Waals surface area contributed by atoms with Crippen molar-refractivity contribution in [1.29, 1.82) is 0 Å². The molecule has 0 spiro atoms. The Kier molecular flexibility index (Phi) is 2.66. The number of rotatable bonds is 2. The van der Waals surface area contributed by atoms with E-state index in [1.54, 1.807) is 0 Å². The van der Waals surface area contributed by atoms with Crippen molar-refractivity contribution in [2.75, 3.05) is 0 Å². The van der Waals surface area contributed by atoms with Gasteiger partial charge in [-0.2, -0.15) is 13.2 Å². The standard InChI is InChI=1S/C9H5F3N2O2S/c10-9(11,12)8-14-6(3-17-8)4-1-5(7(15)16)13-2-4/h1-3,13H,(H,15,16). The zero-order valence-electron chi connectivity index (χ0n) is 8.08. The smallest absolute Gasteiger partial charge is 0.443 e. The van der Waals surface area contributed by atoms with Crippen LogP contribution in [0.2, 0.25) is 0 Å². The highest BCUT2D eigenvalue weighted by Gasteiger charge is 2.34. The van der Waals surface area contributed by atoms with Crippen LogP contribution in [0, 0.1) is 0 Å². The van der Waals surface area contributed by atoms with Crippen LogP contribution in [0.3, 0.4) is 0 Å². The highest BCUT2D eigenvalue weighted by molar-refractivity contribution is 7.10. The average Bonchev–Trinajstić information content (AvgIpc) is 2.85. The number of halogens is 3. The van der Waals surface area contributed by atoms with Crippen molar-refractivity contribution in [3.05, 3.63) is 28.3 Å². The summed E-state index contributed by atoms with van der Waals surface area (Å²) in [6, 6.07) is 1.23. The van der Waals surface area contributed by atoms with Gasteiger partial charge in [-0.25, -0.2) is 9.78 Å². The van der Waals surface area contributed by atoms with Gasteiger partial charge in [0.05, 0.1) is 5.69 Å². The Balaban J connectivity index is 2.34. The second kappa shape index (κ2) is 3.88. The summed E-state index contributed by atoms with van der Waals surface area (Å²) in [5.41, 5.74) is 0.321. The molecule has 0 bridgehead atoms. The number of carboxylic acid groups (broad SMARTS) is 1. The molecule has 2 N–H and O–H groups in total. The molecule has 0 aliphatic rings. The zero-order chi connectivity index (χ0) is 12.6. The average molecular weight is 262 g/mol. The van der Waals surface area contributed by atoms with Gasteiger partial charge in [0.2, 0.25) is 0 Å². The number of aromatic amines is 1. The minimum absolute atomic E-state index is 0.0958. The lowest BCUT2D eigenvalue weighted by atomic mass is 10.2. The van der Waals surface area contributed by atoms with Crippen molar-refractivity contribution in [3.63, 3.8) is 0 Å². The van der Waals surface area contributed by atoms with E-state index in [0.29, 0.717) is 16.9 Å². The van der Waals surface area contributed by atoms with Gasteiger partial charge in [-0.05, 0) is 6.07 Å². The second-order valence-electron chi connectivity index (χ2n) is 3.14. The lowest BCUT2D eigenvalue weighted by Gasteiger charge is -1.98. The number of alkyl halides is 3. The topological polar surface area (TPSA) is 66.0 Å². The van der Waals surface area contributed by atoms with Crippen LogP contribution in [0.1, 0.15) is 15.5 Å². The fourth-order valence-electron chi connectivity index (χ4n) is 1.20. The first kappa shape index (κ1) is 11.6. The minimum Gasteiger partial charge on any atom is -0.477 e. The Morgan fingerprint density at radius 1 is 1.47 bits per heavy atom. The third-order valence-corrected chi connectivity index (χ3v) is 2.84. The third-order valence-electron chi connectivity index (χ3n) is 1.96. The molecule has 0 aliphatic heterocycles. The first-order valence-corrected chi connectivity index (χ1v) is 5.20. The maximum atomic E-state index is 12.3. The Morgan fingerprint density at radius 2 is 2.18 bits per heavy atom. The van der Waals surface area contributed by atoms with Gasteiger partial charge in [0, 0.05) is 17.1 Å². The van der Waals surface area contributed by atoms with Gasteiger partial charge in [-0.3, -0.25) is 0 Å². The van der Waals surface area contributed by atoms with Crippen LogP contribution in [0.15, 0.2) is 17.6 Å². The highest BCUT2D eigenvalue weighted by atomic mass is 32.1. The lowest BCUT2D eigenvalue weighted by molar-refractivity contribution is -0.137. The monoisotopic (exact) mass is 262 g/mol.